The van der Waals surface area contributed by atoms with E-state index in [0.29, 0.717) is 29.8 Å². The number of nitrogens with zero attached hydrogens (tertiary/aromatic N) is 3. The number of aromatic nitrogens is 2. The molecule has 0 saturated carbocycles. The van der Waals surface area contributed by atoms with E-state index in [1.807, 2.05) is 48.5 Å². The summed E-state index contributed by atoms with van der Waals surface area (Å²) in [6.07, 6.45) is 2.65. The van der Waals surface area contributed by atoms with E-state index in [0.717, 1.165) is 42.7 Å². The van der Waals surface area contributed by atoms with Gasteiger partial charge in [0.15, 0.2) is 0 Å². The van der Waals surface area contributed by atoms with Crippen LogP contribution in [0.1, 0.15) is 43.7 Å². The molecular formula is C25H29ClN4O3. The van der Waals surface area contributed by atoms with E-state index in [2.05, 4.69) is 27.3 Å². The molecule has 1 aliphatic rings. The summed E-state index contributed by atoms with van der Waals surface area (Å²) in [5, 5.41) is 7.95. The van der Waals surface area contributed by atoms with Crippen molar-refractivity contribution in [3.05, 3.63) is 65.0 Å². The standard InChI is InChI=1S/C25H29ClN4O3/c1-3-22(17-9-11-21(32-2)12-10-17)27-25(31)19-7-5-13-30(15-19)16-23-28-24(29-33-23)18-6-4-8-20(26)14-18/h4,6,8-12,14,19,22H,3,5,7,13,15-16H2,1-2H3,(H,27,31). The van der Waals surface area contributed by atoms with Crippen molar-refractivity contribution in [2.75, 3.05) is 20.2 Å². The van der Waals surface area contributed by atoms with Crippen LogP contribution < -0.4 is 10.1 Å². The molecule has 2 atom stereocenters. The van der Waals surface area contributed by atoms with Crippen LogP contribution in [-0.4, -0.2) is 41.1 Å². The minimum Gasteiger partial charge on any atom is -0.497 e. The van der Waals surface area contributed by atoms with Gasteiger partial charge >= 0.3 is 0 Å². The number of hydrogen-bond donors (Lipinski definition) is 1. The zero-order valence-electron chi connectivity index (χ0n) is 19.0. The Kier molecular flexibility index (Phi) is 7.62. The first-order valence-corrected chi connectivity index (χ1v) is 11.7. The van der Waals surface area contributed by atoms with Crippen LogP contribution >= 0.6 is 11.6 Å². The molecule has 2 aromatic carbocycles. The number of carbonyl (C=O) groups is 1. The van der Waals surface area contributed by atoms with Gasteiger partial charge in [0.05, 0.1) is 25.6 Å². The molecule has 174 valence electrons. The number of ether oxygens (including phenoxy) is 1. The summed E-state index contributed by atoms with van der Waals surface area (Å²) in [6.45, 7) is 4.16. The molecule has 1 fully saturated rings. The monoisotopic (exact) mass is 468 g/mol. The molecule has 0 spiro atoms. The molecule has 2 heterocycles. The highest BCUT2D eigenvalue weighted by molar-refractivity contribution is 6.30. The Morgan fingerprint density at radius 3 is 2.85 bits per heavy atom. The molecule has 1 aromatic heterocycles. The van der Waals surface area contributed by atoms with Crippen molar-refractivity contribution in [1.82, 2.24) is 20.4 Å². The fourth-order valence-corrected chi connectivity index (χ4v) is 4.41. The maximum Gasteiger partial charge on any atom is 0.241 e. The van der Waals surface area contributed by atoms with Gasteiger partial charge in [0.1, 0.15) is 5.75 Å². The lowest BCUT2D eigenvalue weighted by Gasteiger charge is -2.32. The van der Waals surface area contributed by atoms with Crippen LogP contribution in [0.2, 0.25) is 5.02 Å². The number of rotatable bonds is 8. The molecule has 0 bridgehead atoms. The number of carbonyl (C=O) groups excluding carboxylic acids is 1. The van der Waals surface area contributed by atoms with Gasteiger partial charge in [0, 0.05) is 17.1 Å². The highest BCUT2D eigenvalue weighted by Crippen LogP contribution is 2.24. The molecule has 4 rings (SSSR count). The molecule has 1 amide bonds. The van der Waals surface area contributed by atoms with Crippen LogP contribution in [0, 0.1) is 5.92 Å². The average molecular weight is 469 g/mol. The minimum atomic E-state index is -0.0682. The summed E-state index contributed by atoms with van der Waals surface area (Å²) in [5.41, 5.74) is 1.90. The Morgan fingerprint density at radius 1 is 1.30 bits per heavy atom. The molecule has 1 aliphatic heterocycles. The lowest BCUT2D eigenvalue weighted by molar-refractivity contribution is -0.127. The summed E-state index contributed by atoms with van der Waals surface area (Å²) in [7, 11) is 1.65. The van der Waals surface area contributed by atoms with Crippen molar-refractivity contribution in [3.63, 3.8) is 0 Å². The van der Waals surface area contributed by atoms with Crippen LogP contribution in [0.3, 0.4) is 0 Å². The lowest BCUT2D eigenvalue weighted by Crippen LogP contribution is -2.43. The van der Waals surface area contributed by atoms with Gasteiger partial charge in [-0.2, -0.15) is 4.98 Å². The topological polar surface area (TPSA) is 80.5 Å². The van der Waals surface area contributed by atoms with E-state index < -0.39 is 0 Å². The van der Waals surface area contributed by atoms with Gasteiger partial charge in [0.2, 0.25) is 17.6 Å². The highest BCUT2D eigenvalue weighted by Gasteiger charge is 2.28. The predicted octanol–water partition coefficient (Wildman–Crippen LogP) is 4.88. The smallest absolute Gasteiger partial charge is 0.241 e. The Morgan fingerprint density at radius 2 is 2.12 bits per heavy atom. The van der Waals surface area contributed by atoms with Crippen LogP contribution in [0.5, 0.6) is 5.75 Å². The number of piperidine rings is 1. The van der Waals surface area contributed by atoms with E-state index in [-0.39, 0.29) is 17.9 Å². The number of methoxy groups -OCH3 is 1. The Hall–Kier alpha value is -2.90. The van der Waals surface area contributed by atoms with Gasteiger partial charge < -0.3 is 14.6 Å². The molecule has 33 heavy (non-hydrogen) atoms. The summed E-state index contributed by atoms with van der Waals surface area (Å²) in [5.74, 6) is 1.89. The largest absolute Gasteiger partial charge is 0.497 e. The first kappa shape index (κ1) is 23.3. The fraction of sp³-hybridized carbons (Fsp3) is 0.400. The maximum atomic E-state index is 13.1. The fourth-order valence-electron chi connectivity index (χ4n) is 4.22. The zero-order chi connectivity index (χ0) is 23.2. The molecule has 1 saturated heterocycles. The van der Waals surface area contributed by atoms with Crippen molar-refractivity contribution in [2.45, 2.75) is 38.8 Å². The molecule has 8 heteroatoms. The number of likely N-dealkylation sites (tertiary alicyclic amines) is 1. The quantitative estimate of drug-likeness (QED) is 0.507. The second kappa shape index (κ2) is 10.8. The Balaban J connectivity index is 1.35. The van der Waals surface area contributed by atoms with Crippen molar-refractivity contribution in [2.24, 2.45) is 5.92 Å². The molecular weight excluding hydrogens is 440 g/mol. The van der Waals surface area contributed by atoms with Gasteiger partial charge in [-0.1, -0.05) is 47.9 Å². The van der Waals surface area contributed by atoms with Crippen LogP contribution in [0.4, 0.5) is 0 Å². The average Bonchev–Trinajstić information content (AvgIpc) is 3.31. The third kappa shape index (κ3) is 5.92. The third-order valence-electron chi connectivity index (χ3n) is 6.03. The third-order valence-corrected chi connectivity index (χ3v) is 6.26. The Bertz CT molecular complexity index is 1070. The van der Waals surface area contributed by atoms with E-state index in [1.54, 1.807) is 7.11 Å². The summed E-state index contributed by atoms with van der Waals surface area (Å²) in [6, 6.07) is 15.2. The molecule has 2 unspecified atom stereocenters. The van der Waals surface area contributed by atoms with Gasteiger partial charge in [-0.25, -0.2) is 0 Å². The zero-order valence-corrected chi connectivity index (χ0v) is 19.7. The van der Waals surface area contributed by atoms with Crippen LogP contribution in [0.15, 0.2) is 53.1 Å². The predicted molar refractivity (Wildman–Crippen MR) is 127 cm³/mol. The lowest BCUT2D eigenvalue weighted by atomic mass is 9.95. The van der Waals surface area contributed by atoms with E-state index in [1.165, 1.54) is 0 Å². The second-order valence-corrected chi connectivity index (χ2v) is 8.78. The van der Waals surface area contributed by atoms with Crippen molar-refractivity contribution in [3.8, 4) is 17.1 Å². The van der Waals surface area contributed by atoms with Gasteiger partial charge in [-0.05, 0) is 55.6 Å². The number of halogens is 1. The molecule has 7 nitrogen and oxygen atoms in total. The van der Waals surface area contributed by atoms with Gasteiger partial charge in [0.25, 0.3) is 0 Å². The van der Waals surface area contributed by atoms with Crippen molar-refractivity contribution < 1.29 is 14.1 Å². The van der Waals surface area contributed by atoms with Crippen molar-refractivity contribution in [1.29, 1.82) is 0 Å². The van der Waals surface area contributed by atoms with Crippen molar-refractivity contribution >= 4 is 17.5 Å². The summed E-state index contributed by atoms with van der Waals surface area (Å²) in [4.78, 5) is 19.8. The van der Waals surface area contributed by atoms with Crippen LogP contribution in [-0.2, 0) is 11.3 Å². The first-order chi connectivity index (χ1) is 16.1. The number of hydrogen-bond acceptors (Lipinski definition) is 6. The molecule has 0 radical (unpaired) electrons. The first-order valence-electron chi connectivity index (χ1n) is 11.3. The maximum absolute atomic E-state index is 13.1. The van der Waals surface area contributed by atoms with Crippen LogP contribution in [0.25, 0.3) is 11.4 Å². The second-order valence-electron chi connectivity index (χ2n) is 8.34. The molecule has 0 aliphatic carbocycles. The van der Waals surface area contributed by atoms with E-state index in [4.69, 9.17) is 20.9 Å². The van der Waals surface area contributed by atoms with Gasteiger partial charge in [-0.3, -0.25) is 9.69 Å². The van der Waals surface area contributed by atoms with Gasteiger partial charge in [-0.15, -0.1) is 0 Å². The molecule has 1 N–H and O–H groups in total. The Labute approximate surface area is 199 Å². The number of amides is 1. The number of nitrogens with one attached hydrogen (secondary N) is 1. The normalized spacial score (nSPS) is 17.5. The SMILES string of the molecule is CCC(NC(=O)C1CCCN(Cc2nc(-c3cccc(Cl)c3)no2)C1)c1ccc(OC)cc1. The summed E-state index contributed by atoms with van der Waals surface area (Å²) < 4.78 is 10.7. The van der Waals surface area contributed by atoms with E-state index in [9.17, 15) is 4.79 Å². The number of benzene rings is 2. The van der Waals surface area contributed by atoms with E-state index >= 15 is 0 Å². The molecule has 3 aromatic rings. The summed E-state index contributed by atoms with van der Waals surface area (Å²) >= 11 is 6.06. The minimum absolute atomic E-state index is 0.0185. The highest BCUT2D eigenvalue weighted by atomic mass is 35.5.